The van der Waals surface area contributed by atoms with Gasteiger partial charge in [0.15, 0.2) is 5.16 Å². The maximum atomic E-state index is 13.0. The summed E-state index contributed by atoms with van der Waals surface area (Å²) < 4.78 is 7.36. The third kappa shape index (κ3) is 8.88. The van der Waals surface area contributed by atoms with Crippen LogP contribution in [-0.4, -0.2) is 27.4 Å². The van der Waals surface area contributed by atoms with Gasteiger partial charge in [-0.3, -0.25) is 4.79 Å². The molecule has 2 aromatic heterocycles. The van der Waals surface area contributed by atoms with Crippen molar-refractivity contribution in [3.63, 3.8) is 0 Å². The van der Waals surface area contributed by atoms with Crippen molar-refractivity contribution in [3.05, 3.63) is 118 Å². The molecule has 0 N–H and O–H groups in total. The topological polar surface area (TPSA) is 57.0 Å². The summed E-state index contributed by atoms with van der Waals surface area (Å²) in [6, 6.07) is 24.8. The first-order valence-electron chi connectivity index (χ1n) is 13.5. The third-order valence-corrected chi connectivity index (χ3v) is 7.64. The van der Waals surface area contributed by atoms with Gasteiger partial charge in [0.05, 0.1) is 7.11 Å². The van der Waals surface area contributed by atoms with Gasteiger partial charge in [0.1, 0.15) is 0 Å². The number of unbranched alkanes of at least 4 members (excludes halogenated alkanes) is 5. The number of thioether (sulfide) groups is 1. The molecule has 0 saturated carbocycles. The molecule has 0 fully saturated rings. The highest BCUT2D eigenvalue weighted by molar-refractivity contribution is 7.99. The molecule has 0 atom stereocenters. The second kappa shape index (κ2) is 15.1. The van der Waals surface area contributed by atoms with Crippen molar-refractivity contribution in [2.45, 2.75) is 63.1 Å². The van der Waals surface area contributed by atoms with Gasteiger partial charge in [0.2, 0.25) is 5.88 Å². The van der Waals surface area contributed by atoms with E-state index in [9.17, 15) is 4.79 Å². The Balaban J connectivity index is 1.31. The Morgan fingerprint density at radius 1 is 0.816 bits per heavy atom. The Labute approximate surface area is 230 Å². The molecular weight excluding hydrogens is 490 g/mol. The fraction of sp³-hybridized carbons (Fsp3) is 0.344. The van der Waals surface area contributed by atoms with Crippen molar-refractivity contribution in [1.29, 1.82) is 0 Å². The predicted octanol–water partition coefficient (Wildman–Crippen LogP) is 6.96. The summed E-state index contributed by atoms with van der Waals surface area (Å²) in [5.41, 5.74) is 4.11. The van der Waals surface area contributed by atoms with E-state index in [1.165, 1.54) is 49.7 Å². The lowest BCUT2D eigenvalue weighted by Crippen LogP contribution is -2.20. The van der Waals surface area contributed by atoms with Gasteiger partial charge in [-0.2, -0.15) is 4.98 Å². The first-order valence-corrected chi connectivity index (χ1v) is 14.5. The highest BCUT2D eigenvalue weighted by Crippen LogP contribution is 2.20. The minimum atomic E-state index is -0.161. The van der Waals surface area contributed by atoms with Crippen LogP contribution < -0.4 is 10.3 Å². The molecule has 0 unspecified atom stereocenters. The number of ether oxygens (including phenoxy) is 1. The molecule has 198 valence electrons. The van der Waals surface area contributed by atoms with Crippen LogP contribution in [0.2, 0.25) is 0 Å². The molecule has 4 rings (SSSR count). The van der Waals surface area contributed by atoms with Gasteiger partial charge in [-0.1, -0.05) is 98.1 Å². The number of benzene rings is 2. The predicted molar refractivity (Wildman–Crippen MR) is 156 cm³/mol. The van der Waals surface area contributed by atoms with Crippen LogP contribution in [0, 0.1) is 0 Å². The zero-order valence-electron chi connectivity index (χ0n) is 22.2. The van der Waals surface area contributed by atoms with Crippen LogP contribution in [0.25, 0.3) is 0 Å². The average Bonchev–Trinajstić information content (AvgIpc) is 2.95. The van der Waals surface area contributed by atoms with Gasteiger partial charge in [-0.05, 0) is 42.0 Å². The summed E-state index contributed by atoms with van der Waals surface area (Å²) in [5.74, 6) is 1.51. The zero-order chi connectivity index (χ0) is 26.4. The lowest BCUT2D eigenvalue weighted by molar-refractivity contribution is 0.397. The van der Waals surface area contributed by atoms with Crippen LogP contribution in [0.5, 0.6) is 5.88 Å². The normalized spacial score (nSPS) is 11.0. The summed E-state index contributed by atoms with van der Waals surface area (Å²) in [6.45, 7) is 0.685. The van der Waals surface area contributed by atoms with Crippen LogP contribution in [-0.2, 0) is 19.4 Å². The van der Waals surface area contributed by atoms with Crippen molar-refractivity contribution in [1.82, 2.24) is 14.5 Å². The number of aromatic nitrogens is 3. The minimum Gasteiger partial charge on any atom is -0.481 e. The number of hydrogen-bond acceptors (Lipinski definition) is 5. The molecule has 4 aromatic rings. The second-order valence-electron chi connectivity index (χ2n) is 9.56. The Morgan fingerprint density at radius 2 is 1.50 bits per heavy atom. The van der Waals surface area contributed by atoms with E-state index in [-0.39, 0.29) is 5.56 Å². The van der Waals surface area contributed by atoms with E-state index in [4.69, 9.17) is 4.74 Å². The van der Waals surface area contributed by atoms with Crippen LogP contribution in [0.4, 0.5) is 0 Å². The van der Waals surface area contributed by atoms with E-state index in [1.807, 2.05) is 36.5 Å². The van der Waals surface area contributed by atoms with E-state index >= 15 is 0 Å². The number of pyridine rings is 1. The molecule has 0 amide bonds. The molecule has 2 aromatic carbocycles. The van der Waals surface area contributed by atoms with Crippen molar-refractivity contribution in [3.8, 4) is 5.88 Å². The van der Waals surface area contributed by atoms with Gasteiger partial charge in [0, 0.05) is 42.7 Å². The Bertz CT molecular complexity index is 1310. The van der Waals surface area contributed by atoms with E-state index < -0.39 is 0 Å². The van der Waals surface area contributed by atoms with Crippen molar-refractivity contribution in [2.24, 2.45) is 0 Å². The van der Waals surface area contributed by atoms with Crippen molar-refractivity contribution >= 4 is 11.8 Å². The van der Waals surface area contributed by atoms with Gasteiger partial charge < -0.3 is 9.30 Å². The highest BCUT2D eigenvalue weighted by Gasteiger charge is 2.11. The molecule has 0 spiro atoms. The van der Waals surface area contributed by atoms with Crippen molar-refractivity contribution < 1.29 is 4.74 Å². The highest BCUT2D eigenvalue weighted by atomic mass is 32.2. The molecule has 0 aliphatic heterocycles. The standard InChI is InChI=1S/C32H37N3O2S/c1-37-30-23-28(19-20-33-30)22-29-25-35(24-27-17-11-7-12-18-27)32(34-31(29)36)38-21-13-5-3-2-4-8-14-26-15-9-6-10-16-26/h6-7,9-12,15-20,23,25H,2-5,8,13-14,21-22,24H2,1H3. The first kappa shape index (κ1) is 27.6. The van der Waals surface area contributed by atoms with E-state index in [0.29, 0.717) is 24.4 Å². The minimum absolute atomic E-state index is 0.161. The van der Waals surface area contributed by atoms with Gasteiger partial charge >= 0.3 is 0 Å². The van der Waals surface area contributed by atoms with Gasteiger partial charge in [0.25, 0.3) is 5.56 Å². The van der Waals surface area contributed by atoms with Crippen LogP contribution in [0.1, 0.15) is 60.8 Å². The summed E-state index contributed by atoms with van der Waals surface area (Å²) in [7, 11) is 1.60. The fourth-order valence-electron chi connectivity index (χ4n) is 4.49. The number of aryl methyl sites for hydroxylation is 1. The summed E-state index contributed by atoms with van der Waals surface area (Å²) in [6.07, 6.45) is 12.8. The van der Waals surface area contributed by atoms with Crippen LogP contribution in [0.15, 0.2) is 95.1 Å². The summed E-state index contributed by atoms with van der Waals surface area (Å²) in [4.78, 5) is 21.6. The van der Waals surface area contributed by atoms with Crippen molar-refractivity contribution in [2.75, 3.05) is 12.9 Å². The van der Waals surface area contributed by atoms with Gasteiger partial charge in [-0.25, -0.2) is 4.98 Å². The molecular formula is C32H37N3O2S. The lowest BCUT2D eigenvalue weighted by Gasteiger charge is -2.14. The monoisotopic (exact) mass is 527 g/mol. The lowest BCUT2D eigenvalue weighted by atomic mass is 10.1. The Kier molecular flexibility index (Phi) is 11.0. The molecule has 5 nitrogen and oxygen atoms in total. The molecule has 0 aliphatic rings. The molecule has 0 aliphatic carbocycles. The van der Waals surface area contributed by atoms with Crippen LogP contribution >= 0.6 is 11.8 Å². The molecule has 0 saturated heterocycles. The summed E-state index contributed by atoms with van der Waals surface area (Å²) in [5, 5.41) is 0.790. The van der Waals surface area contributed by atoms with E-state index in [2.05, 4.69) is 57.0 Å². The largest absolute Gasteiger partial charge is 0.481 e. The van der Waals surface area contributed by atoms with Crippen LogP contribution in [0.3, 0.4) is 0 Å². The zero-order valence-corrected chi connectivity index (χ0v) is 23.0. The third-order valence-electron chi connectivity index (χ3n) is 6.56. The molecule has 0 radical (unpaired) electrons. The number of methoxy groups -OCH3 is 1. The molecule has 2 heterocycles. The molecule has 0 bridgehead atoms. The van der Waals surface area contributed by atoms with E-state index in [1.54, 1.807) is 25.1 Å². The summed E-state index contributed by atoms with van der Waals surface area (Å²) >= 11 is 1.69. The number of rotatable bonds is 15. The Hall–Kier alpha value is -3.38. The molecule has 38 heavy (non-hydrogen) atoms. The SMILES string of the molecule is COc1cc(Cc2cn(Cc3ccccc3)c(SCCCCCCCCc3ccccc3)nc2=O)ccn1. The molecule has 6 heteroatoms. The second-order valence-corrected chi connectivity index (χ2v) is 10.6. The quantitative estimate of drug-likeness (QED) is 0.0950. The fourth-order valence-corrected chi connectivity index (χ4v) is 5.45. The maximum Gasteiger partial charge on any atom is 0.277 e. The van der Waals surface area contributed by atoms with Gasteiger partial charge in [-0.15, -0.1) is 0 Å². The van der Waals surface area contributed by atoms with E-state index in [0.717, 1.165) is 22.9 Å². The number of hydrogen-bond donors (Lipinski definition) is 0. The Morgan fingerprint density at radius 3 is 2.24 bits per heavy atom. The smallest absolute Gasteiger partial charge is 0.277 e. The average molecular weight is 528 g/mol. The first-order chi connectivity index (χ1) is 18.7. The maximum absolute atomic E-state index is 13.0. The number of nitrogens with zero attached hydrogens (tertiary/aromatic N) is 3.